The molecular formula is C14H9F3N4O3S. The first kappa shape index (κ1) is 16.9. The SMILES string of the molecule is O=C(Nc1cccc2nsnc12)c1ccc(CNC(=O)C(F)(F)F)o1. The lowest BCUT2D eigenvalue weighted by Crippen LogP contribution is -2.36. The fourth-order valence-corrected chi connectivity index (χ4v) is 2.50. The van der Waals surface area contributed by atoms with Gasteiger partial charge in [0.1, 0.15) is 16.8 Å². The number of nitrogens with zero attached hydrogens (tertiary/aromatic N) is 2. The van der Waals surface area contributed by atoms with Crippen LogP contribution < -0.4 is 10.6 Å². The molecular weight excluding hydrogens is 361 g/mol. The smallest absolute Gasteiger partial charge is 0.454 e. The van der Waals surface area contributed by atoms with Crippen LogP contribution in [0.1, 0.15) is 16.3 Å². The molecule has 0 fully saturated rings. The summed E-state index contributed by atoms with van der Waals surface area (Å²) in [6.45, 7) is -0.489. The third-order valence-electron chi connectivity index (χ3n) is 3.10. The highest BCUT2D eigenvalue weighted by Crippen LogP contribution is 2.22. The van der Waals surface area contributed by atoms with E-state index in [2.05, 4.69) is 14.1 Å². The Balaban J connectivity index is 1.67. The monoisotopic (exact) mass is 370 g/mol. The van der Waals surface area contributed by atoms with Crippen LogP contribution in [-0.2, 0) is 11.3 Å². The summed E-state index contributed by atoms with van der Waals surface area (Å²) in [7, 11) is 0. The number of carbonyl (C=O) groups excluding carboxylic acids is 2. The number of rotatable bonds is 4. The molecule has 0 radical (unpaired) electrons. The first-order valence-electron chi connectivity index (χ1n) is 6.81. The van der Waals surface area contributed by atoms with Crippen molar-refractivity contribution in [1.29, 1.82) is 0 Å². The maximum Gasteiger partial charge on any atom is 0.471 e. The van der Waals surface area contributed by atoms with Gasteiger partial charge < -0.3 is 15.1 Å². The van der Waals surface area contributed by atoms with E-state index in [0.29, 0.717) is 16.7 Å². The lowest BCUT2D eigenvalue weighted by atomic mass is 10.2. The molecule has 0 spiro atoms. The summed E-state index contributed by atoms with van der Waals surface area (Å²) in [6.07, 6.45) is -4.98. The Kier molecular flexibility index (Phi) is 4.40. The average Bonchev–Trinajstić information content (AvgIpc) is 3.21. The lowest BCUT2D eigenvalue weighted by molar-refractivity contribution is -0.173. The molecule has 2 aromatic heterocycles. The summed E-state index contributed by atoms with van der Waals surface area (Å²) in [4.78, 5) is 22.9. The van der Waals surface area contributed by atoms with E-state index in [4.69, 9.17) is 4.42 Å². The van der Waals surface area contributed by atoms with Crippen LogP contribution in [-0.4, -0.2) is 26.7 Å². The van der Waals surface area contributed by atoms with Gasteiger partial charge in [0.15, 0.2) is 5.76 Å². The minimum absolute atomic E-state index is 0.0104. The Morgan fingerprint density at radius 1 is 1.16 bits per heavy atom. The van der Waals surface area contributed by atoms with E-state index in [1.165, 1.54) is 12.1 Å². The minimum atomic E-state index is -4.98. The zero-order valence-electron chi connectivity index (χ0n) is 12.3. The third kappa shape index (κ3) is 3.76. The van der Waals surface area contributed by atoms with Crippen molar-refractivity contribution in [2.75, 3.05) is 5.32 Å². The Labute approximate surface area is 142 Å². The second-order valence-electron chi connectivity index (χ2n) is 4.84. The Bertz CT molecular complexity index is 935. The number of aromatic nitrogens is 2. The molecule has 0 aliphatic carbocycles. The molecule has 0 bridgehead atoms. The molecule has 0 saturated heterocycles. The molecule has 2 heterocycles. The van der Waals surface area contributed by atoms with Gasteiger partial charge in [-0.15, -0.1) is 0 Å². The molecule has 0 atom stereocenters. The van der Waals surface area contributed by atoms with Gasteiger partial charge in [0.25, 0.3) is 5.91 Å². The first-order chi connectivity index (χ1) is 11.8. The van der Waals surface area contributed by atoms with E-state index in [9.17, 15) is 22.8 Å². The number of carbonyl (C=O) groups is 2. The number of anilines is 1. The van der Waals surface area contributed by atoms with Crippen molar-refractivity contribution >= 4 is 40.3 Å². The van der Waals surface area contributed by atoms with E-state index >= 15 is 0 Å². The molecule has 25 heavy (non-hydrogen) atoms. The normalized spacial score (nSPS) is 11.5. The van der Waals surface area contributed by atoms with Crippen molar-refractivity contribution < 1.29 is 27.2 Å². The van der Waals surface area contributed by atoms with Gasteiger partial charge in [-0.25, -0.2) is 0 Å². The van der Waals surface area contributed by atoms with Gasteiger partial charge in [-0.1, -0.05) is 6.07 Å². The number of furan rings is 1. The Hall–Kier alpha value is -2.95. The summed E-state index contributed by atoms with van der Waals surface area (Å²) in [5.41, 5.74) is 1.57. The highest BCUT2D eigenvalue weighted by atomic mass is 32.1. The molecule has 11 heteroatoms. The second-order valence-corrected chi connectivity index (χ2v) is 5.37. The maximum absolute atomic E-state index is 12.2. The fraction of sp³-hybridized carbons (Fsp3) is 0.143. The molecule has 130 valence electrons. The molecule has 2 amide bonds. The highest BCUT2D eigenvalue weighted by molar-refractivity contribution is 7.00. The van der Waals surface area contributed by atoms with E-state index < -0.39 is 24.5 Å². The predicted octanol–water partition coefficient (Wildman–Crippen LogP) is 2.72. The first-order valence-corrected chi connectivity index (χ1v) is 7.54. The third-order valence-corrected chi connectivity index (χ3v) is 3.64. The summed E-state index contributed by atoms with van der Waals surface area (Å²) in [5, 5.41) is 4.25. The molecule has 7 nitrogen and oxygen atoms in total. The highest BCUT2D eigenvalue weighted by Gasteiger charge is 2.38. The van der Waals surface area contributed by atoms with Crippen LogP contribution in [0.4, 0.5) is 18.9 Å². The largest absolute Gasteiger partial charge is 0.471 e. The van der Waals surface area contributed by atoms with Crippen molar-refractivity contribution in [1.82, 2.24) is 14.1 Å². The van der Waals surface area contributed by atoms with Gasteiger partial charge in [-0.3, -0.25) is 9.59 Å². The van der Waals surface area contributed by atoms with E-state index in [-0.39, 0.29) is 11.5 Å². The number of hydrogen-bond donors (Lipinski definition) is 2. The van der Waals surface area contributed by atoms with Crippen molar-refractivity contribution in [3.63, 3.8) is 0 Å². The minimum Gasteiger partial charge on any atom is -0.454 e. The van der Waals surface area contributed by atoms with Crippen molar-refractivity contribution in [3.8, 4) is 0 Å². The number of hydrogen-bond acceptors (Lipinski definition) is 6. The molecule has 1 aromatic carbocycles. The van der Waals surface area contributed by atoms with E-state index in [1.807, 2.05) is 0 Å². The second kappa shape index (κ2) is 6.51. The summed E-state index contributed by atoms with van der Waals surface area (Å²) in [5.74, 6) is -2.79. The number of halogens is 3. The summed E-state index contributed by atoms with van der Waals surface area (Å²) in [6, 6.07) is 7.66. The van der Waals surface area contributed by atoms with Crippen LogP contribution in [0.2, 0.25) is 0 Å². The van der Waals surface area contributed by atoms with Crippen LogP contribution in [0.25, 0.3) is 11.0 Å². The summed E-state index contributed by atoms with van der Waals surface area (Å²) < 4.78 is 49.6. The number of benzene rings is 1. The van der Waals surface area contributed by atoms with E-state index in [1.54, 1.807) is 23.5 Å². The van der Waals surface area contributed by atoms with Crippen LogP contribution in [0.3, 0.4) is 0 Å². The van der Waals surface area contributed by atoms with E-state index in [0.717, 1.165) is 11.7 Å². The zero-order valence-corrected chi connectivity index (χ0v) is 13.1. The van der Waals surface area contributed by atoms with Gasteiger partial charge in [0, 0.05) is 0 Å². The standard InChI is InChI=1S/C14H9F3N4O3S/c15-14(16,17)13(23)18-6-7-4-5-10(24-7)12(22)19-8-2-1-3-9-11(8)21-25-20-9/h1-5H,6H2,(H,18,23)(H,19,22). The van der Waals surface area contributed by atoms with Crippen LogP contribution in [0, 0.1) is 0 Å². The average molecular weight is 370 g/mol. The van der Waals surface area contributed by atoms with Crippen molar-refractivity contribution in [2.45, 2.75) is 12.7 Å². The topological polar surface area (TPSA) is 97.1 Å². The fourth-order valence-electron chi connectivity index (χ4n) is 1.95. The molecule has 3 aromatic rings. The van der Waals surface area contributed by atoms with Crippen LogP contribution in [0.15, 0.2) is 34.7 Å². The maximum atomic E-state index is 12.2. The Morgan fingerprint density at radius 2 is 1.96 bits per heavy atom. The quantitative estimate of drug-likeness (QED) is 0.736. The van der Waals surface area contributed by atoms with Gasteiger partial charge in [0.05, 0.1) is 24.0 Å². The van der Waals surface area contributed by atoms with Gasteiger partial charge in [-0.2, -0.15) is 21.9 Å². The number of fused-ring (bicyclic) bond motifs is 1. The number of nitrogens with one attached hydrogen (secondary N) is 2. The molecule has 0 aliphatic rings. The lowest BCUT2D eigenvalue weighted by Gasteiger charge is -2.06. The number of amides is 2. The van der Waals surface area contributed by atoms with Gasteiger partial charge in [0.2, 0.25) is 0 Å². The van der Waals surface area contributed by atoms with Gasteiger partial charge in [-0.05, 0) is 24.3 Å². The van der Waals surface area contributed by atoms with Crippen LogP contribution in [0.5, 0.6) is 0 Å². The summed E-state index contributed by atoms with van der Waals surface area (Å²) >= 11 is 0.998. The molecule has 0 saturated carbocycles. The predicted molar refractivity (Wildman–Crippen MR) is 82.0 cm³/mol. The number of alkyl halides is 3. The van der Waals surface area contributed by atoms with Crippen molar-refractivity contribution in [3.05, 3.63) is 41.9 Å². The molecule has 2 N–H and O–H groups in total. The zero-order chi connectivity index (χ0) is 18.0. The molecule has 3 rings (SSSR count). The molecule has 0 aliphatic heterocycles. The van der Waals surface area contributed by atoms with Crippen LogP contribution >= 0.6 is 11.7 Å². The van der Waals surface area contributed by atoms with Gasteiger partial charge >= 0.3 is 12.1 Å². The Morgan fingerprint density at radius 3 is 2.72 bits per heavy atom. The molecule has 0 unspecified atom stereocenters. The van der Waals surface area contributed by atoms with Crippen molar-refractivity contribution in [2.24, 2.45) is 0 Å².